The summed E-state index contributed by atoms with van der Waals surface area (Å²) in [5.41, 5.74) is 2.83. The third-order valence-corrected chi connectivity index (χ3v) is 3.36. The van der Waals surface area contributed by atoms with E-state index in [1.54, 1.807) is 20.8 Å². The minimum absolute atomic E-state index is 0.312. The number of benzene rings is 1. The lowest BCUT2D eigenvalue weighted by Gasteiger charge is -2.28. The second-order valence-corrected chi connectivity index (χ2v) is 6.50. The lowest BCUT2D eigenvalue weighted by molar-refractivity contribution is -0.138. The summed E-state index contributed by atoms with van der Waals surface area (Å²) < 4.78 is 5.37. The van der Waals surface area contributed by atoms with Crippen molar-refractivity contribution in [2.24, 2.45) is 0 Å². The van der Waals surface area contributed by atoms with Gasteiger partial charge < -0.3 is 9.84 Å². The van der Waals surface area contributed by atoms with Gasteiger partial charge in [0.15, 0.2) is 0 Å². The van der Waals surface area contributed by atoms with Crippen LogP contribution in [-0.4, -0.2) is 28.8 Å². The molecule has 1 aliphatic heterocycles. The van der Waals surface area contributed by atoms with Crippen LogP contribution in [0.5, 0.6) is 0 Å². The van der Waals surface area contributed by atoms with Crippen LogP contribution in [-0.2, 0) is 16.0 Å². The minimum atomic E-state index is -1.02. The molecule has 0 aromatic heterocycles. The largest absolute Gasteiger partial charge is 0.480 e. The third kappa shape index (κ3) is 3.01. The quantitative estimate of drug-likeness (QED) is 0.863. The van der Waals surface area contributed by atoms with Crippen molar-refractivity contribution in [3.8, 4) is 0 Å². The molecule has 1 aliphatic rings. The van der Waals surface area contributed by atoms with Gasteiger partial charge in [0.05, 0.1) is 5.69 Å². The standard InChI is InChI=1S/C16H21NO4/c1-9-6-10(2)13-11(7-9)8-12(14(18)19)17(13)15(20)21-16(3,4)5/h6-7,12H,8H2,1-5H3,(H,18,19)/t12-/m0/s1. The van der Waals surface area contributed by atoms with Crippen LogP contribution in [0.2, 0.25) is 0 Å². The topological polar surface area (TPSA) is 66.8 Å². The highest BCUT2D eigenvalue weighted by Crippen LogP contribution is 2.37. The number of aryl methyl sites for hydroxylation is 2. The van der Waals surface area contributed by atoms with Crippen molar-refractivity contribution in [3.63, 3.8) is 0 Å². The normalized spacial score (nSPS) is 17.6. The van der Waals surface area contributed by atoms with E-state index >= 15 is 0 Å². The van der Waals surface area contributed by atoms with Crippen molar-refractivity contribution < 1.29 is 19.4 Å². The van der Waals surface area contributed by atoms with E-state index in [0.717, 1.165) is 16.7 Å². The molecule has 1 atom stereocenters. The molecular formula is C16H21NO4. The van der Waals surface area contributed by atoms with Gasteiger partial charge in [0.25, 0.3) is 0 Å². The summed E-state index contributed by atoms with van der Waals surface area (Å²) in [4.78, 5) is 25.2. The number of hydrogen-bond acceptors (Lipinski definition) is 3. The van der Waals surface area contributed by atoms with E-state index in [9.17, 15) is 14.7 Å². The molecule has 5 nitrogen and oxygen atoms in total. The van der Waals surface area contributed by atoms with Crippen molar-refractivity contribution >= 4 is 17.7 Å². The zero-order valence-electron chi connectivity index (χ0n) is 13.1. The highest BCUT2D eigenvalue weighted by atomic mass is 16.6. The molecule has 2 rings (SSSR count). The van der Waals surface area contributed by atoms with Crippen molar-refractivity contribution in [3.05, 3.63) is 28.8 Å². The van der Waals surface area contributed by atoms with Gasteiger partial charge in [-0.25, -0.2) is 9.59 Å². The van der Waals surface area contributed by atoms with Gasteiger partial charge in [-0.1, -0.05) is 17.7 Å². The van der Waals surface area contributed by atoms with Gasteiger partial charge in [0, 0.05) is 6.42 Å². The van der Waals surface area contributed by atoms with Gasteiger partial charge in [-0.2, -0.15) is 0 Å². The maximum atomic E-state index is 12.4. The molecule has 1 heterocycles. The Hall–Kier alpha value is -2.04. The lowest BCUT2D eigenvalue weighted by atomic mass is 10.0. The molecule has 0 radical (unpaired) electrons. The molecule has 0 bridgehead atoms. The van der Waals surface area contributed by atoms with Crippen molar-refractivity contribution in [2.75, 3.05) is 4.90 Å². The van der Waals surface area contributed by atoms with E-state index in [1.807, 2.05) is 26.0 Å². The first-order valence-corrected chi connectivity index (χ1v) is 6.95. The Kier molecular flexibility index (Phi) is 3.70. The number of carbonyl (C=O) groups excluding carboxylic acids is 1. The van der Waals surface area contributed by atoms with E-state index in [1.165, 1.54) is 4.90 Å². The van der Waals surface area contributed by atoms with Crippen LogP contribution in [0.4, 0.5) is 10.5 Å². The Morgan fingerprint density at radius 3 is 2.43 bits per heavy atom. The van der Waals surface area contributed by atoms with E-state index in [4.69, 9.17) is 4.74 Å². The van der Waals surface area contributed by atoms with Crippen molar-refractivity contribution in [1.29, 1.82) is 0 Å². The van der Waals surface area contributed by atoms with E-state index < -0.39 is 23.7 Å². The average molecular weight is 291 g/mol. The third-order valence-electron chi connectivity index (χ3n) is 3.36. The maximum absolute atomic E-state index is 12.4. The minimum Gasteiger partial charge on any atom is -0.480 e. The Morgan fingerprint density at radius 1 is 1.29 bits per heavy atom. The van der Waals surface area contributed by atoms with E-state index in [-0.39, 0.29) is 0 Å². The van der Waals surface area contributed by atoms with Gasteiger partial charge in [-0.05, 0) is 45.7 Å². The summed E-state index contributed by atoms with van der Waals surface area (Å²) >= 11 is 0. The van der Waals surface area contributed by atoms with E-state index in [0.29, 0.717) is 12.1 Å². The Balaban J connectivity index is 2.47. The number of nitrogens with zero attached hydrogens (tertiary/aromatic N) is 1. The lowest BCUT2D eigenvalue weighted by Crippen LogP contribution is -2.45. The number of anilines is 1. The molecular weight excluding hydrogens is 270 g/mol. The van der Waals surface area contributed by atoms with Crippen LogP contribution in [0.25, 0.3) is 0 Å². The molecule has 0 saturated carbocycles. The summed E-state index contributed by atoms with van der Waals surface area (Å²) in [7, 11) is 0. The van der Waals surface area contributed by atoms with Gasteiger partial charge in [0.2, 0.25) is 0 Å². The molecule has 0 spiro atoms. The second-order valence-electron chi connectivity index (χ2n) is 6.50. The number of carbonyl (C=O) groups is 2. The Bertz CT molecular complexity index is 601. The van der Waals surface area contributed by atoms with Crippen LogP contribution in [0.1, 0.15) is 37.5 Å². The van der Waals surface area contributed by atoms with E-state index in [2.05, 4.69) is 0 Å². The van der Waals surface area contributed by atoms with Crippen LogP contribution >= 0.6 is 0 Å². The van der Waals surface area contributed by atoms with Gasteiger partial charge in [-0.15, -0.1) is 0 Å². The smallest absolute Gasteiger partial charge is 0.415 e. The molecule has 0 unspecified atom stereocenters. The molecule has 1 aromatic carbocycles. The number of amides is 1. The molecule has 114 valence electrons. The number of rotatable bonds is 1. The SMILES string of the molecule is Cc1cc(C)c2c(c1)C[C@@H](C(=O)O)N2C(=O)OC(C)(C)C. The molecule has 1 aromatic rings. The molecule has 1 amide bonds. The fraction of sp³-hybridized carbons (Fsp3) is 0.500. The van der Waals surface area contributed by atoms with Gasteiger partial charge >= 0.3 is 12.1 Å². The zero-order valence-corrected chi connectivity index (χ0v) is 13.1. The highest BCUT2D eigenvalue weighted by molar-refractivity contribution is 5.99. The monoisotopic (exact) mass is 291 g/mol. The fourth-order valence-corrected chi connectivity index (χ4v) is 2.73. The van der Waals surface area contributed by atoms with Crippen LogP contribution in [0.3, 0.4) is 0 Å². The predicted molar refractivity (Wildman–Crippen MR) is 79.8 cm³/mol. The molecule has 0 aliphatic carbocycles. The first kappa shape index (κ1) is 15.4. The summed E-state index contributed by atoms with van der Waals surface area (Å²) in [6.07, 6.45) is -0.299. The van der Waals surface area contributed by atoms with Crippen LogP contribution in [0.15, 0.2) is 12.1 Å². The summed E-state index contributed by atoms with van der Waals surface area (Å²) in [5.74, 6) is -1.02. The molecule has 0 saturated heterocycles. The van der Waals surface area contributed by atoms with Gasteiger partial charge in [0.1, 0.15) is 11.6 Å². The summed E-state index contributed by atoms with van der Waals surface area (Å²) in [6, 6.07) is 2.97. The average Bonchev–Trinajstić information content (AvgIpc) is 2.65. The fourth-order valence-electron chi connectivity index (χ4n) is 2.73. The first-order chi connectivity index (χ1) is 9.60. The van der Waals surface area contributed by atoms with Crippen LogP contribution < -0.4 is 4.90 Å². The van der Waals surface area contributed by atoms with Gasteiger partial charge in [-0.3, -0.25) is 4.90 Å². The first-order valence-electron chi connectivity index (χ1n) is 6.95. The predicted octanol–water partition coefficient (Wildman–Crippen LogP) is 3.05. The molecule has 1 N–H and O–H groups in total. The van der Waals surface area contributed by atoms with Crippen LogP contribution in [0, 0.1) is 13.8 Å². The van der Waals surface area contributed by atoms with Crippen molar-refractivity contribution in [2.45, 2.75) is 52.7 Å². The van der Waals surface area contributed by atoms with Crippen molar-refractivity contribution in [1.82, 2.24) is 0 Å². The Morgan fingerprint density at radius 2 is 1.90 bits per heavy atom. The number of hydrogen-bond donors (Lipinski definition) is 1. The molecule has 5 heteroatoms. The number of carboxylic acids is 1. The summed E-state index contributed by atoms with van der Waals surface area (Å²) in [5, 5.41) is 9.41. The Labute approximate surface area is 124 Å². The maximum Gasteiger partial charge on any atom is 0.415 e. The highest BCUT2D eigenvalue weighted by Gasteiger charge is 2.41. The second kappa shape index (κ2) is 5.06. The number of aliphatic carboxylic acids is 1. The number of carboxylic acid groups (broad SMARTS) is 1. The number of ether oxygens (including phenoxy) is 1. The molecule has 21 heavy (non-hydrogen) atoms. The molecule has 0 fully saturated rings. The zero-order chi connectivity index (χ0) is 15.9. The summed E-state index contributed by atoms with van der Waals surface area (Å²) in [6.45, 7) is 9.13. The number of fused-ring (bicyclic) bond motifs is 1.